The average molecular weight is 253 g/mol. The van der Waals surface area contributed by atoms with Crippen LogP contribution in [0.5, 0.6) is 0 Å². The van der Waals surface area contributed by atoms with E-state index in [1.165, 1.54) is 11.3 Å². The zero-order valence-electron chi connectivity index (χ0n) is 9.59. The van der Waals surface area contributed by atoms with Crippen molar-refractivity contribution in [2.45, 2.75) is 0 Å². The van der Waals surface area contributed by atoms with Gasteiger partial charge in [-0.1, -0.05) is 47.7 Å². The maximum atomic E-state index is 11.7. The Morgan fingerprint density at radius 3 is 2.44 bits per heavy atom. The number of para-hydroxylation sites is 1. The maximum absolute atomic E-state index is 11.7. The SMILES string of the molecule is O=c1cc(Nc2ccccc2)c2ccccc2s1. The molecular weight excluding hydrogens is 242 g/mol. The van der Waals surface area contributed by atoms with Gasteiger partial charge in [-0.15, -0.1) is 0 Å². The summed E-state index contributed by atoms with van der Waals surface area (Å²) < 4.78 is 1.07. The number of fused-ring (bicyclic) bond motifs is 1. The van der Waals surface area contributed by atoms with Crippen molar-refractivity contribution in [2.75, 3.05) is 5.32 Å². The molecular formula is C15H11NOS. The molecule has 0 saturated heterocycles. The summed E-state index contributed by atoms with van der Waals surface area (Å²) in [5.74, 6) is 0. The summed E-state index contributed by atoms with van der Waals surface area (Å²) in [6.07, 6.45) is 0. The largest absolute Gasteiger partial charge is 0.355 e. The van der Waals surface area contributed by atoms with Crippen LogP contribution in [0.1, 0.15) is 0 Å². The van der Waals surface area contributed by atoms with Crippen LogP contribution in [0.15, 0.2) is 65.5 Å². The number of hydrogen-bond donors (Lipinski definition) is 1. The molecule has 2 nitrogen and oxygen atoms in total. The summed E-state index contributed by atoms with van der Waals surface area (Å²) in [4.78, 5) is 11.7. The lowest BCUT2D eigenvalue weighted by molar-refractivity contribution is 1.58. The van der Waals surface area contributed by atoms with Gasteiger partial charge in [0.1, 0.15) is 0 Å². The molecule has 0 fully saturated rings. The van der Waals surface area contributed by atoms with Crippen molar-refractivity contribution in [1.29, 1.82) is 0 Å². The third kappa shape index (κ3) is 2.13. The van der Waals surface area contributed by atoms with Crippen LogP contribution in [0.4, 0.5) is 11.4 Å². The molecule has 0 spiro atoms. The van der Waals surface area contributed by atoms with Crippen LogP contribution < -0.4 is 10.1 Å². The van der Waals surface area contributed by atoms with Crippen molar-refractivity contribution in [3.8, 4) is 0 Å². The van der Waals surface area contributed by atoms with Crippen LogP contribution >= 0.6 is 11.3 Å². The Morgan fingerprint density at radius 1 is 0.889 bits per heavy atom. The summed E-state index contributed by atoms with van der Waals surface area (Å²) in [7, 11) is 0. The van der Waals surface area contributed by atoms with Crippen molar-refractivity contribution in [1.82, 2.24) is 0 Å². The van der Waals surface area contributed by atoms with Crippen molar-refractivity contribution < 1.29 is 0 Å². The zero-order valence-corrected chi connectivity index (χ0v) is 10.4. The van der Waals surface area contributed by atoms with E-state index in [0.29, 0.717) is 0 Å². The molecule has 3 rings (SSSR count). The minimum atomic E-state index is 0.0622. The molecule has 0 saturated carbocycles. The molecule has 1 aromatic heterocycles. The molecule has 0 bridgehead atoms. The van der Waals surface area contributed by atoms with Gasteiger partial charge in [0.25, 0.3) is 0 Å². The molecule has 1 N–H and O–H groups in total. The first-order valence-corrected chi connectivity index (χ1v) is 6.49. The molecule has 1 heterocycles. The Bertz CT molecular complexity index is 734. The van der Waals surface area contributed by atoms with Gasteiger partial charge in [0.05, 0.1) is 5.69 Å². The van der Waals surface area contributed by atoms with Gasteiger partial charge >= 0.3 is 0 Å². The summed E-state index contributed by atoms with van der Waals surface area (Å²) in [5.41, 5.74) is 1.85. The van der Waals surface area contributed by atoms with Crippen molar-refractivity contribution in [3.63, 3.8) is 0 Å². The quantitative estimate of drug-likeness (QED) is 0.747. The highest BCUT2D eigenvalue weighted by atomic mass is 32.1. The van der Waals surface area contributed by atoms with Gasteiger partial charge in [-0.2, -0.15) is 0 Å². The first-order chi connectivity index (χ1) is 8.83. The molecule has 18 heavy (non-hydrogen) atoms. The first-order valence-electron chi connectivity index (χ1n) is 5.68. The van der Waals surface area contributed by atoms with E-state index in [0.717, 1.165) is 21.5 Å². The monoisotopic (exact) mass is 253 g/mol. The second-order valence-corrected chi connectivity index (χ2v) is 5.01. The van der Waals surface area contributed by atoms with Crippen LogP contribution in [0, 0.1) is 0 Å². The average Bonchev–Trinajstić information content (AvgIpc) is 2.40. The Labute approximate surface area is 109 Å². The van der Waals surface area contributed by atoms with E-state index >= 15 is 0 Å². The number of rotatable bonds is 2. The van der Waals surface area contributed by atoms with E-state index in [-0.39, 0.29) is 4.74 Å². The summed E-state index contributed by atoms with van der Waals surface area (Å²) in [5, 5.41) is 4.37. The fourth-order valence-corrected chi connectivity index (χ4v) is 2.72. The molecule has 2 aromatic carbocycles. The molecule has 0 aliphatic rings. The summed E-state index contributed by atoms with van der Waals surface area (Å²) in [6, 6.07) is 19.4. The normalized spacial score (nSPS) is 10.4. The van der Waals surface area contributed by atoms with E-state index in [1.807, 2.05) is 54.6 Å². The van der Waals surface area contributed by atoms with Gasteiger partial charge in [0, 0.05) is 21.8 Å². The lowest BCUT2D eigenvalue weighted by Crippen LogP contribution is -1.97. The lowest BCUT2D eigenvalue weighted by Gasteiger charge is -2.08. The minimum Gasteiger partial charge on any atom is -0.355 e. The molecule has 0 unspecified atom stereocenters. The number of anilines is 2. The summed E-state index contributed by atoms with van der Waals surface area (Å²) in [6.45, 7) is 0. The molecule has 3 aromatic rings. The second-order valence-electron chi connectivity index (χ2n) is 3.97. The fourth-order valence-electron chi connectivity index (χ4n) is 1.89. The lowest BCUT2D eigenvalue weighted by atomic mass is 10.2. The highest BCUT2D eigenvalue weighted by Gasteiger charge is 2.03. The van der Waals surface area contributed by atoms with E-state index in [4.69, 9.17) is 0 Å². The second kappa shape index (κ2) is 4.63. The number of hydrogen-bond acceptors (Lipinski definition) is 3. The molecule has 3 heteroatoms. The molecule has 0 amide bonds. The van der Waals surface area contributed by atoms with E-state index < -0.39 is 0 Å². The third-order valence-electron chi connectivity index (χ3n) is 2.70. The highest BCUT2D eigenvalue weighted by Crippen LogP contribution is 2.26. The molecule has 0 aliphatic heterocycles. The zero-order chi connectivity index (χ0) is 12.4. The van der Waals surface area contributed by atoms with E-state index in [2.05, 4.69) is 5.32 Å². The van der Waals surface area contributed by atoms with Crippen molar-refractivity contribution in [3.05, 3.63) is 70.2 Å². The third-order valence-corrected chi connectivity index (χ3v) is 3.60. The molecule has 0 radical (unpaired) electrons. The van der Waals surface area contributed by atoms with Gasteiger partial charge in [-0.3, -0.25) is 4.79 Å². The molecule has 0 aliphatic carbocycles. The van der Waals surface area contributed by atoms with E-state index in [9.17, 15) is 4.79 Å². The first kappa shape index (κ1) is 11.0. The van der Waals surface area contributed by atoms with Crippen LogP contribution in [0.3, 0.4) is 0 Å². The highest BCUT2D eigenvalue weighted by molar-refractivity contribution is 7.16. The van der Waals surface area contributed by atoms with E-state index in [1.54, 1.807) is 6.07 Å². The Hall–Kier alpha value is -2.13. The number of benzene rings is 2. The maximum Gasteiger partial charge on any atom is 0.234 e. The van der Waals surface area contributed by atoms with Gasteiger partial charge < -0.3 is 5.32 Å². The van der Waals surface area contributed by atoms with Crippen LogP contribution in [0.2, 0.25) is 0 Å². The van der Waals surface area contributed by atoms with Crippen LogP contribution in [0.25, 0.3) is 10.1 Å². The van der Waals surface area contributed by atoms with Crippen molar-refractivity contribution >= 4 is 32.8 Å². The predicted octanol–water partition coefficient (Wildman–Crippen LogP) is 4.01. The van der Waals surface area contributed by atoms with Gasteiger partial charge in [0.2, 0.25) is 4.74 Å². The van der Waals surface area contributed by atoms with Crippen molar-refractivity contribution in [2.24, 2.45) is 0 Å². The number of nitrogens with one attached hydrogen (secondary N) is 1. The fraction of sp³-hybridized carbons (Fsp3) is 0. The van der Waals surface area contributed by atoms with Gasteiger partial charge in [-0.05, 0) is 18.2 Å². The minimum absolute atomic E-state index is 0.0622. The Balaban J connectivity index is 2.14. The van der Waals surface area contributed by atoms with Gasteiger partial charge in [0.15, 0.2) is 0 Å². The smallest absolute Gasteiger partial charge is 0.234 e. The van der Waals surface area contributed by atoms with Crippen LogP contribution in [-0.2, 0) is 0 Å². The van der Waals surface area contributed by atoms with Gasteiger partial charge in [-0.25, -0.2) is 0 Å². The standard InChI is InChI=1S/C15H11NOS/c17-15-10-13(16-11-6-2-1-3-7-11)12-8-4-5-9-14(12)18-15/h1-10,16H. The van der Waals surface area contributed by atoms with Crippen LogP contribution in [-0.4, -0.2) is 0 Å². The predicted molar refractivity (Wildman–Crippen MR) is 77.8 cm³/mol. The Kier molecular flexibility index (Phi) is 2.82. The molecule has 88 valence electrons. The molecule has 0 atom stereocenters. The summed E-state index contributed by atoms with van der Waals surface area (Å²) >= 11 is 1.27. The topological polar surface area (TPSA) is 29.1 Å². The Morgan fingerprint density at radius 2 is 1.61 bits per heavy atom.